The molecule has 1 aromatic carbocycles. The van der Waals surface area contributed by atoms with Gasteiger partial charge in [-0.2, -0.15) is 0 Å². The molecule has 0 radical (unpaired) electrons. The van der Waals surface area contributed by atoms with Crippen molar-refractivity contribution in [2.24, 2.45) is 11.8 Å². The van der Waals surface area contributed by atoms with Crippen LogP contribution in [0.2, 0.25) is 0 Å². The molecule has 3 heteroatoms. The highest BCUT2D eigenvalue weighted by Gasteiger charge is 2.28. The van der Waals surface area contributed by atoms with Crippen LogP contribution in [0.1, 0.15) is 38.7 Å². The Bertz CT molecular complexity index is 422. The topological polar surface area (TPSA) is 49.3 Å². The van der Waals surface area contributed by atoms with E-state index in [0.29, 0.717) is 24.3 Å². The van der Waals surface area contributed by atoms with E-state index in [2.05, 4.69) is 19.2 Å². The fourth-order valence-electron chi connectivity index (χ4n) is 3.43. The molecule has 110 valence electrons. The minimum absolute atomic E-state index is 0.332. The van der Waals surface area contributed by atoms with Crippen LogP contribution in [0.15, 0.2) is 30.3 Å². The summed E-state index contributed by atoms with van der Waals surface area (Å²) >= 11 is 0. The SMILES string of the molecule is CC1CC(C)CC(N[C@@H](Cc2ccccc2)C(=O)O)C1. The van der Waals surface area contributed by atoms with Crippen LogP contribution in [-0.2, 0) is 11.2 Å². The Kier molecular flexibility index (Phi) is 5.18. The first-order chi connectivity index (χ1) is 9.54. The predicted molar refractivity (Wildman–Crippen MR) is 80.7 cm³/mol. The van der Waals surface area contributed by atoms with E-state index in [-0.39, 0.29) is 0 Å². The molecule has 0 aliphatic heterocycles. The summed E-state index contributed by atoms with van der Waals surface area (Å²) in [5.41, 5.74) is 1.07. The zero-order valence-corrected chi connectivity index (χ0v) is 12.4. The monoisotopic (exact) mass is 275 g/mol. The highest BCUT2D eigenvalue weighted by Crippen LogP contribution is 2.28. The molecular formula is C17H25NO2. The van der Waals surface area contributed by atoms with Crippen LogP contribution < -0.4 is 5.32 Å². The van der Waals surface area contributed by atoms with E-state index >= 15 is 0 Å². The van der Waals surface area contributed by atoms with E-state index in [4.69, 9.17) is 0 Å². The van der Waals surface area contributed by atoms with Crippen LogP contribution in [0.4, 0.5) is 0 Å². The van der Waals surface area contributed by atoms with E-state index in [1.165, 1.54) is 6.42 Å². The Labute approximate surface area is 121 Å². The Balaban J connectivity index is 1.97. The van der Waals surface area contributed by atoms with Gasteiger partial charge in [-0.3, -0.25) is 4.79 Å². The number of hydrogen-bond acceptors (Lipinski definition) is 2. The first-order valence-corrected chi connectivity index (χ1v) is 7.57. The number of carbonyl (C=O) groups is 1. The van der Waals surface area contributed by atoms with Crippen molar-refractivity contribution >= 4 is 5.97 Å². The lowest BCUT2D eigenvalue weighted by Crippen LogP contribution is -2.47. The van der Waals surface area contributed by atoms with Gasteiger partial charge in [0.05, 0.1) is 0 Å². The zero-order valence-electron chi connectivity index (χ0n) is 12.4. The Hall–Kier alpha value is -1.35. The minimum atomic E-state index is -0.750. The van der Waals surface area contributed by atoms with Gasteiger partial charge in [-0.25, -0.2) is 0 Å². The highest BCUT2D eigenvalue weighted by atomic mass is 16.4. The third-order valence-corrected chi connectivity index (χ3v) is 4.20. The number of nitrogens with one attached hydrogen (secondary N) is 1. The lowest BCUT2D eigenvalue weighted by atomic mass is 9.80. The summed E-state index contributed by atoms with van der Waals surface area (Å²) in [6.45, 7) is 4.52. The normalized spacial score (nSPS) is 28.0. The van der Waals surface area contributed by atoms with Gasteiger partial charge < -0.3 is 10.4 Å². The second-order valence-corrected chi connectivity index (χ2v) is 6.36. The molecule has 3 atom stereocenters. The summed E-state index contributed by atoms with van der Waals surface area (Å²) in [6.07, 6.45) is 3.98. The quantitative estimate of drug-likeness (QED) is 0.868. The van der Waals surface area contributed by atoms with Crippen molar-refractivity contribution < 1.29 is 9.90 Å². The molecule has 0 heterocycles. The maximum atomic E-state index is 11.5. The number of hydrogen-bond donors (Lipinski definition) is 2. The largest absolute Gasteiger partial charge is 0.480 e. The number of aliphatic carboxylic acids is 1. The van der Waals surface area contributed by atoms with Crippen LogP contribution >= 0.6 is 0 Å². The number of benzene rings is 1. The summed E-state index contributed by atoms with van der Waals surface area (Å²) in [7, 11) is 0. The van der Waals surface area contributed by atoms with E-state index < -0.39 is 12.0 Å². The lowest BCUT2D eigenvalue weighted by molar-refractivity contribution is -0.139. The summed E-state index contributed by atoms with van der Waals surface area (Å²) in [5.74, 6) is 0.615. The second-order valence-electron chi connectivity index (χ2n) is 6.36. The molecule has 2 N–H and O–H groups in total. The van der Waals surface area contributed by atoms with Gasteiger partial charge in [-0.05, 0) is 43.1 Å². The molecule has 1 aliphatic carbocycles. The second kappa shape index (κ2) is 6.89. The molecule has 0 saturated heterocycles. The summed E-state index contributed by atoms with van der Waals surface area (Å²) < 4.78 is 0. The van der Waals surface area contributed by atoms with Gasteiger partial charge in [0, 0.05) is 6.04 Å². The van der Waals surface area contributed by atoms with Gasteiger partial charge in [0.15, 0.2) is 0 Å². The van der Waals surface area contributed by atoms with Gasteiger partial charge in [0.25, 0.3) is 0 Å². The molecule has 3 nitrogen and oxygen atoms in total. The summed E-state index contributed by atoms with van der Waals surface area (Å²) in [6, 6.07) is 9.70. The summed E-state index contributed by atoms with van der Waals surface area (Å²) in [4.78, 5) is 11.5. The van der Waals surface area contributed by atoms with Crippen LogP contribution in [0.5, 0.6) is 0 Å². The van der Waals surface area contributed by atoms with Crippen LogP contribution in [0, 0.1) is 11.8 Å². The fraction of sp³-hybridized carbons (Fsp3) is 0.588. The third-order valence-electron chi connectivity index (χ3n) is 4.20. The molecule has 0 spiro atoms. The fourth-order valence-corrected chi connectivity index (χ4v) is 3.43. The molecule has 1 saturated carbocycles. The molecule has 20 heavy (non-hydrogen) atoms. The van der Waals surface area contributed by atoms with Crippen LogP contribution in [-0.4, -0.2) is 23.2 Å². The van der Waals surface area contributed by atoms with E-state index in [1.807, 2.05) is 30.3 Å². The molecule has 0 aromatic heterocycles. The van der Waals surface area contributed by atoms with Gasteiger partial charge >= 0.3 is 5.97 Å². The number of carboxylic acid groups (broad SMARTS) is 1. The van der Waals surface area contributed by atoms with Crippen molar-refractivity contribution in [3.05, 3.63) is 35.9 Å². The van der Waals surface area contributed by atoms with Crippen LogP contribution in [0.3, 0.4) is 0 Å². The van der Waals surface area contributed by atoms with Gasteiger partial charge in [-0.15, -0.1) is 0 Å². The van der Waals surface area contributed by atoms with Crippen molar-refractivity contribution in [1.82, 2.24) is 5.32 Å². The van der Waals surface area contributed by atoms with E-state index in [9.17, 15) is 9.90 Å². The van der Waals surface area contributed by atoms with Gasteiger partial charge in [0.2, 0.25) is 0 Å². The maximum Gasteiger partial charge on any atom is 0.321 e. The number of rotatable bonds is 5. The number of carboxylic acids is 1. The highest BCUT2D eigenvalue weighted by molar-refractivity contribution is 5.74. The molecule has 0 bridgehead atoms. The average Bonchev–Trinajstić information content (AvgIpc) is 2.38. The van der Waals surface area contributed by atoms with Crippen molar-refractivity contribution in [2.75, 3.05) is 0 Å². The van der Waals surface area contributed by atoms with E-state index in [0.717, 1.165) is 18.4 Å². The Morgan fingerprint density at radius 2 is 1.80 bits per heavy atom. The van der Waals surface area contributed by atoms with Crippen molar-refractivity contribution in [1.29, 1.82) is 0 Å². The Morgan fingerprint density at radius 3 is 2.35 bits per heavy atom. The molecule has 1 aliphatic rings. The predicted octanol–water partition coefficient (Wildman–Crippen LogP) is 3.10. The molecule has 1 aromatic rings. The first-order valence-electron chi connectivity index (χ1n) is 7.57. The standard InChI is InChI=1S/C17H25NO2/c1-12-8-13(2)10-15(9-12)18-16(17(19)20)11-14-6-4-3-5-7-14/h3-7,12-13,15-16,18H,8-11H2,1-2H3,(H,19,20)/t12?,13?,15?,16-/m0/s1. The van der Waals surface area contributed by atoms with Gasteiger partial charge in [-0.1, -0.05) is 44.2 Å². The average molecular weight is 275 g/mol. The Morgan fingerprint density at radius 1 is 1.20 bits per heavy atom. The first kappa shape index (κ1) is 15.0. The molecule has 0 amide bonds. The van der Waals surface area contributed by atoms with Crippen molar-refractivity contribution in [2.45, 2.75) is 51.6 Å². The molecule has 2 rings (SSSR count). The van der Waals surface area contributed by atoms with Crippen molar-refractivity contribution in [3.63, 3.8) is 0 Å². The van der Waals surface area contributed by atoms with Crippen LogP contribution in [0.25, 0.3) is 0 Å². The third kappa shape index (κ3) is 4.34. The smallest absolute Gasteiger partial charge is 0.321 e. The summed E-state index contributed by atoms with van der Waals surface area (Å²) in [5, 5.41) is 12.8. The van der Waals surface area contributed by atoms with Gasteiger partial charge in [0.1, 0.15) is 6.04 Å². The lowest BCUT2D eigenvalue weighted by Gasteiger charge is -2.33. The molecular weight excluding hydrogens is 250 g/mol. The minimum Gasteiger partial charge on any atom is -0.480 e. The molecule has 1 fully saturated rings. The maximum absolute atomic E-state index is 11.5. The van der Waals surface area contributed by atoms with E-state index in [1.54, 1.807) is 0 Å². The molecule has 2 unspecified atom stereocenters. The van der Waals surface area contributed by atoms with Crippen molar-refractivity contribution in [3.8, 4) is 0 Å². The zero-order chi connectivity index (χ0) is 14.5.